The molecule has 0 amide bonds. The first-order chi connectivity index (χ1) is 66.2. The zero-order valence-corrected chi connectivity index (χ0v) is 72.7. The molecule has 0 saturated heterocycles. The number of hydrogen-bond acceptors (Lipinski definition) is 5. The van der Waals surface area contributed by atoms with Crippen LogP contribution in [0, 0.1) is 35.5 Å². The van der Waals surface area contributed by atoms with Gasteiger partial charge in [-0.2, -0.15) is 0 Å². The van der Waals surface area contributed by atoms with Gasteiger partial charge in [-0.05, 0) is 221 Å². The summed E-state index contributed by atoms with van der Waals surface area (Å²) in [4.78, 5) is 47.9. The van der Waals surface area contributed by atoms with Crippen LogP contribution in [0.3, 0.4) is 0 Å². The van der Waals surface area contributed by atoms with Crippen molar-refractivity contribution in [3.63, 3.8) is 0 Å². The molecule has 134 heavy (non-hydrogen) atoms. The predicted molar refractivity (Wildman–Crippen MR) is 547 cm³/mol. The SMILES string of the molecule is O=C1C(c2ccc(-c3ccccc3)cc2)=C(c2ccccc2)C(c2ccc(Oc3ccc(C4=C(c5ccc(-c6ccccc6)cc5)C(=O)C(c5ccc(C#Cc6ccccc6)cc5)=C4c4ccc(Oc5ccc(C6=C(c7ccc(-c8ccccc8)cc7)C(=O)C(c7ccc(C#Cc8ccccc8)cc7)=C6c6ccccc6)cc5)cc4)cc3)cc2)=C1c1ccc(C#Cc2ccccc2)cc1. The molecule has 0 spiro atoms. The Morgan fingerprint density at radius 1 is 0.112 bits per heavy atom. The van der Waals surface area contributed by atoms with Gasteiger partial charge in [-0.1, -0.05) is 400 Å². The van der Waals surface area contributed by atoms with Crippen LogP contribution in [0.4, 0.5) is 0 Å². The number of Topliss-reactive ketones (excluding diaryl/α,β-unsaturated/α-hetero) is 3. The predicted octanol–water partition coefficient (Wildman–Crippen LogP) is 29.8. The fraction of sp³-hybridized carbons (Fsp3) is 0. The van der Waals surface area contributed by atoms with Crippen molar-refractivity contribution in [3.05, 3.63) is 585 Å². The van der Waals surface area contributed by atoms with E-state index in [4.69, 9.17) is 9.47 Å². The van der Waals surface area contributed by atoms with Crippen molar-refractivity contribution in [3.8, 4) is 91.9 Å². The molecule has 18 aromatic carbocycles. The van der Waals surface area contributed by atoms with Gasteiger partial charge in [0, 0.05) is 100 Å². The van der Waals surface area contributed by atoms with Crippen LogP contribution in [0.5, 0.6) is 23.0 Å². The second kappa shape index (κ2) is 37.6. The van der Waals surface area contributed by atoms with Gasteiger partial charge in [0.2, 0.25) is 0 Å². The Bertz CT molecular complexity index is 7930. The Balaban J connectivity index is 0.637. The number of carbonyl (C=O) groups excluding carboxylic acids is 3. The van der Waals surface area contributed by atoms with E-state index < -0.39 is 0 Å². The van der Waals surface area contributed by atoms with Gasteiger partial charge in [-0.3, -0.25) is 14.4 Å². The summed E-state index contributed by atoms with van der Waals surface area (Å²) in [5.74, 6) is 21.9. The minimum atomic E-state index is -0.136. The Morgan fingerprint density at radius 2 is 0.231 bits per heavy atom. The van der Waals surface area contributed by atoms with Gasteiger partial charge in [0.25, 0.3) is 0 Å². The van der Waals surface area contributed by atoms with Crippen LogP contribution in [0.15, 0.2) is 485 Å². The van der Waals surface area contributed by atoms with E-state index in [0.29, 0.717) is 56.4 Å². The maximum Gasteiger partial charge on any atom is 0.195 e. The van der Waals surface area contributed by atoms with Crippen molar-refractivity contribution >= 4 is 84.2 Å². The van der Waals surface area contributed by atoms with Gasteiger partial charge in [0.15, 0.2) is 17.3 Å². The fourth-order valence-electron chi connectivity index (χ4n) is 18.0. The summed E-state index contributed by atoms with van der Waals surface area (Å²) in [6.07, 6.45) is 0. The normalized spacial score (nSPS) is 12.9. The molecular weight excluding hydrogens is 1630 g/mol. The Labute approximate surface area is 780 Å². The molecule has 0 N–H and O–H groups in total. The van der Waals surface area contributed by atoms with E-state index in [9.17, 15) is 0 Å². The van der Waals surface area contributed by atoms with Crippen LogP contribution in [0.2, 0.25) is 0 Å². The lowest BCUT2D eigenvalue weighted by molar-refractivity contribution is -0.109. The third-order valence-electron chi connectivity index (χ3n) is 24.5. The number of allylic oxidation sites excluding steroid dienone is 12. The van der Waals surface area contributed by atoms with Crippen molar-refractivity contribution in [2.24, 2.45) is 0 Å². The number of benzene rings is 18. The average Bonchev–Trinajstić information content (AvgIpc) is 1.59. The molecular formula is C129H80O5. The summed E-state index contributed by atoms with van der Waals surface area (Å²) in [6, 6.07) is 162. The highest BCUT2D eigenvalue weighted by Crippen LogP contribution is 2.55. The van der Waals surface area contributed by atoms with Crippen LogP contribution >= 0.6 is 0 Å². The van der Waals surface area contributed by atoms with E-state index in [2.05, 4.69) is 169 Å². The molecule has 0 aliphatic heterocycles. The highest BCUT2D eigenvalue weighted by Gasteiger charge is 2.40. The molecule has 0 radical (unpaired) electrons. The summed E-state index contributed by atoms with van der Waals surface area (Å²) in [7, 11) is 0. The fourth-order valence-corrected chi connectivity index (χ4v) is 18.0. The zero-order valence-electron chi connectivity index (χ0n) is 72.7. The highest BCUT2D eigenvalue weighted by atomic mass is 16.5. The number of rotatable bonds is 19. The molecule has 0 atom stereocenters. The molecule has 21 rings (SSSR count). The molecule has 626 valence electrons. The lowest BCUT2D eigenvalue weighted by Gasteiger charge is -2.16. The smallest absolute Gasteiger partial charge is 0.195 e. The molecule has 3 aliphatic rings. The lowest BCUT2D eigenvalue weighted by atomic mass is 9.89. The van der Waals surface area contributed by atoms with E-state index in [1.54, 1.807) is 0 Å². The Kier molecular flexibility index (Phi) is 23.2. The summed E-state index contributed by atoms with van der Waals surface area (Å²) >= 11 is 0. The van der Waals surface area contributed by atoms with Gasteiger partial charge >= 0.3 is 0 Å². The van der Waals surface area contributed by atoms with Crippen molar-refractivity contribution in [1.82, 2.24) is 0 Å². The Hall–Kier alpha value is -18.3. The quantitative estimate of drug-likeness (QED) is 0.0755. The van der Waals surface area contributed by atoms with Gasteiger partial charge in [-0.25, -0.2) is 0 Å². The maximum atomic E-state index is 16.3. The molecule has 0 aromatic heterocycles. The summed E-state index contributed by atoms with van der Waals surface area (Å²) < 4.78 is 13.7. The van der Waals surface area contributed by atoms with Crippen LogP contribution in [0.1, 0.15) is 100 Å². The molecule has 18 aromatic rings. The lowest BCUT2D eigenvalue weighted by Crippen LogP contribution is -2.02. The van der Waals surface area contributed by atoms with Crippen LogP contribution < -0.4 is 9.47 Å². The van der Waals surface area contributed by atoms with E-state index in [-0.39, 0.29) is 17.3 Å². The first-order valence-electron chi connectivity index (χ1n) is 44.7. The standard InChI is InChI=1S/C129H80O5/c130-127-121(105-53-47-90(48-54-105)44-41-87-25-9-1-10-26-87)115(99-37-21-7-22-38-99)118(125(127)109-67-61-97(62-68-109)94-33-17-5-18-34-94)102-73-81-112(82-74-102)134-113-83-75-103(76-84-113)119-120(126(110-69-63-98(64-70-110)95-35-19-6-20-36-95)129(132)123(119)107-57-51-92(52-58-107)46-43-89-29-13-3-14-30-89)104-77-85-114(86-78-104)133-111-79-71-101(72-80-111)117-116(100-39-23-8-24-40-100)124(108-65-59-96(60-66-108)93-31-15-4-16-32-93)128(131)122(117)106-55-49-91(50-56-106)45-42-88-27-11-2-12-28-88/h1-40,47-86H. The van der Waals surface area contributed by atoms with Gasteiger partial charge in [0.1, 0.15) is 23.0 Å². The second-order valence-corrected chi connectivity index (χ2v) is 32.9. The molecule has 0 heterocycles. The molecule has 3 aliphatic carbocycles. The molecule has 0 fully saturated rings. The van der Waals surface area contributed by atoms with Gasteiger partial charge < -0.3 is 9.47 Å². The van der Waals surface area contributed by atoms with Crippen molar-refractivity contribution in [1.29, 1.82) is 0 Å². The van der Waals surface area contributed by atoms with Crippen LogP contribution in [-0.2, 0) is 14.4 Å². The molecule has 0 bridgehead atoms. The van der Waals surface area contributed by atoms with E-state index in [1.807, 2.05) is 352 Å². The molecule has 0 unspecified atom stereocenters. The first kappa shape index (κ1) is 82.7. The maximum absolute atomic E-state index is 16.3. The monoisotopic (exact) mass is 1710 g/mol. The first-order valence-corrected chi connectivity index (χ1v) is 44.7. The molecule has 0 saturated carbocycles. The third kappa shape index (κ3) is 17.3. The number of ether oxygens (including phenoxy) is 2. The minimum absolute atomic E-state index is 0.0792. The van der Waals surface area contributed by atoms with Crippen molar-refractivity contribution in [2.75, 3.05) is 0 Å². The Morgan fingerprint density at radius 3 is 0.418 bits per heavy atom. The van der Waals surface area contributed by atoms with Gasteiger partial charge in [-0.15, -0.1) is 0 Å². The minimum Gasteiger partial charge on any atom is -0.457 e. The van der Waals surface area contributed by atoms with E-state index >= 15 is 14.4 Å². The van der Waals surface area contributed by atoms with E-state index in [1.165, 1.54) is 0 Å². The van der Waals surface area contributed by atoms with E-state index in [0.717, 1.165) is 167 Å². The molecule has 5 heteroatoms. The summed E-state index contributed by atoms with van der Waals surface area (Å²) in [5.41, 5.74) is 29.5. The van der Waals surface area contributed by atoms with Crippen LogP contribution in [-0.4, -0.2) is 17.3 Å². The topological polar surface area (TPSA) is 69.7 Å². The average molecular weight is 1710 g/mol. The van der Waals surface area contributed by atoms with Gasteiger partial charge in [0.05, 0.1) is 0 Å². The number of hydrogen-bond donors (Lipinski definition) is 0. The third-order valence-corrected chi connectivity index (χ3v) is 24.5. The zero-order chi connectivity index (χ0) is 90.1. The second-order valence-electron chi connectivity index (χ2n) is 32.9. The number of carbonyl (C=O) groups is 3. The highest BCUT2D eigenvalue weighted by molar-refractivity contribution is 6.61. The van der Waals surface area contributed by atoms with Crippen molar-refractivity contribution in [2.45, 2.75) is 0 Å². The summed E-state index contributed by atoms with van der Waals surface area (Å²) in [6.45, 7) is 0. The molecule has 5 nitrogen and oxygen atoms in total. The van der Waals surface area contributed by atoms with Crippen LogP contribution in [0.25, 0.3) is 100 Å². The van der Waals surface area contributed by atoms with Crippen molar-refractivity contribution < 1.29 is 23.9 Å². The summed E-state index contributed by atoms with van der Waals surface area (Å²) in [5, 5.41) is 0. The number of ketones is 3. The largest absolute Gasteiger partial charge is 0.457 e.